The van der Waals surface area contributed by atoms with Crippen LogP contribution in [0.4, 0.5) is 5.69 Å². The molecule has 0 atom stereocenters. The van der Waals surface area contributed by atoms with Crippen molar-refractivity contribution >= 4 is 33.4 Å². The molecule has 1 amide bonds. The highest BCUT2D eigenvalue weighted by Crippen LogP contribution is 2.29. The maximum Gasteiger partial charge on any atom is 0.276 e. The van der Waals surface area contributed by atoms with E-state index in [-0.39, 0.29) is 10.5 Å². The highest BCUT2D eigenvalue weighted by atomic mass is 32.2. The number of rotatable bonds is 6. The number of para-hydroxylation sites is 1. The molecule has 0 bridgehead atoms. The Morgan fingerprint density at radius 2 is 1.87 bits per heavy atom. The van der Waals surface area contributed by atoms with E-state index in [4.69, 9.17) is 4.42 Å². The van der Waals surface area contributed by atoms with Crippen LogP contribution in [-0.4, -0.2) is 48.2 Å². The number of carbonyl (C=O) groups is 1. The number of amides is 1. The van der Waals surface area contributed by atoms with Crippen molar-refractivity contribution in [1.29, 1.82) is 0 Å². The Morgan fingerprint density at radius 3 is 2.60 bits per heavy atom. The van der Waals surface area contributed by atoms with Crippen molar-refractivity contribution in [2.75, 3.05) is 24.7 Å². The van der Waals surface area contributed by atoms with Gasteiger partial charge in [0.25, 0.3) is 17.0 Å². The van der Waals surface area contributed by atoms with Crippen molar-refractivity contribution in [1.82, 2.24) is 14.5 Å². The summed E-state index contributed by atoms with van der Waals surface area (Å²) in [5, 5.41) is 11.2. The number of aromatic nitrogens is 2. The molecule has 8 nitrogen and oxygen atoms in total. The highest BCUT2D eigenvalue weighted by molar-refractivity contribution is 7.98. The first-order chi connectivity index (χ1) is 14.5. The van der Waals surface area contributed by atoms with Gasteiger partial charge in [0.1, 0.15) is 0 Å². The largest absolute Gasteiger partial charge is 0.411 e. The van der Waals surface area contributed by atoms with E-state index >= 15 is 0 Å². The summed E-state index contributed by atoms with van der Waals surface area (Å²) < 4.78 is 32.6. The lowest BCUT2D eigenvalue weighted by atomic mass is 10.1. The third-order valence-electron chi connectivity index (χ3n) is 4.79. The van der Waals surface area contributed by atoms with Gasteiger partial charge in [-0.25, -0.2) is 8.42 Å². The summed E-state index contributed by atoms with van der Waals surface area (Å²) in [4.78, 5) is 13.0. The summed E-state index contributed by atoms with van der Waals surface area (Å²) in [7, 11) is -3.60. The monoisotopic (exact) mass is 444 g/mol. The second kappa shape index (κ2) is 8.58. The Kier molecular flexibility index (Phi) is 5.89. The molecular weight excluding hydrogens is 424 g/mol. The summed E-state index contributed by atoms with van der Waals surface area (Å²) in [5.41, 5.74) is 1.33. The van der Waals surface area contributed by atoms with E-state index in [1.165, 1.54) is 28.2 Å². The molecule has 30 heavy (non-hydrogen) atoms. The Hall–Kier alpha value is -2.69. The molecular formula is C20H20N4O4S2. The second-order valence-corrected chi connectivity index (χ2v) is 9.41. The fraction of sp³-hybridized carbons (Fsp3) is 0.250. The minimum atomic E-state index is -3.60. The molecule has 2 aromatic carbocycles. The Bertz CT molecular complexity index is 1170. The predicted molar refractivity (Wildman–Crippen MR) is 114 cm³/mol. The minimum absolute atomic E-state index is 0.117. The van der Waals surface area contributed by atoms with Gasteiger partial charge < -0.3 is 9.73 Å². The molecule has 1 aliphatic rings. The quantitative estimate of drug-likeness (QED) is 0.580. The van der Waals surface area contributed by atoms with Crippen molar-refractivity contribution in [3.63, 3.8) is 0 Å². The van der Waals surface area contributed by atoms with Crippen molar-refractivity contribution in [2.24, 2.45) is 0 Å². The van der Waals surface area contributed by atoms with Gasteiger partial charge >= 0.3 is 0 Å². The first-order valence-electron chi connectivity index (χ1n) is 9.37. The van der Waals surface area contributed by atoms with Crippen LogP contribution in [0.15, 0.2) is 63.1 Å². The molecule has 0 saturated carbocycles. The molecule has 0 spiro atoms. The standard InChI is InChI=1S/C20H20N4O4S2/c1-29-20-23-22-19(28-20)16-9-2-3-10-17(16)21-18(25)14-7-6-8-15(13-14)30(26,27)24-11-4-5-12-24/h2-3,6-10,13H,4-5,11-12H2,1H3,(H,21,25). The average molecular weight is 445 g/mol. The average Bonchev–Trinajstić information content (AvgIpc) is 3.47. The molecule has 10 heteroatoms. The van der Waals surface area contributed by atoms with Gasteiger partial charge in [-0.2, -0.15) is 4.31 Å². The molecule has 0 aliphatic carbocycles. The van der Waals surface area contributed by atoms with Gasteiger partial charge in [-0.3, -0.25) is 4.79 Å². The number of sulfonamides is 1. The maximum atomic E-state index is 12.9. The van der Waals surface area contributed by atoms with Gasteiger partial charge in [-0.05, 0) is 49.4 Å². The van der Waals surface area contributed by atoms with Crippen molar-refractivity contribution < 1.29 is 17.6 Å². The van der Waals surface area contributed by atoms with Crippen LogP contribution in [0.5, 0.6) is 0 Å². The Labute approximate surface area is 178 Å². The topological polar surface area (TPSA) is 105 Å². The van der Waals surface area contributed by atoms with Crippen molar-refractivity contribution in [3.8, 4) is 11.5 Å². The molecule has 4 rings (SSSR count). The fourth-order valence-corrected chi connectivity index (χ4v) is 5.10. The molecule has 1 aromatic heterocycles. The zero-order valence-corrected chi connectivity index (χ0v) is 17.9. The van der Waals surface area contributed by atoms with Gasteiger partial charge in [0.15, 0.2) is 0 Å². The predicted octanol–water partition coefficient (Wildman–Crippen LogP) is 3.50. The van der Waals surface area contributed by atoms with Gasteiger partial charge in [0.05, 0.1) is 16.1 Å². The normalized spacial score (nSPS) is 14.7. The molecule has 0 unspecified atom stereocenters. The molecule has 3 aromatic rings. The van der Waals surface area contributed by atoms with E-state index in [1.807, 2.05) is 6.26 Å². The van der Waals surface area contributed by atoms with Crippen LogP contribution in [0.1, 0.15) is 23.2 Å². The van der Waals surface area contributed by atoms with E-state index in [0.29, 0.717) is 35.5 Å². The smallest absolute Gasteiger partial charge is 0.276 e. The van der Waals surface area contributed by atoms with Crippen LogP contribution in [0.3, 0.4) is 0 Å². The zero-order chi connectivity index (χ0) is 21.1. The molecule has 0 radical (unpaired) electrons. The zero-order valence-electron chi connectivity index (χ0n) is 16.2. The van der Waals surface area contributed by atoms with Gasteiger partial charge in [0.2, 0.25) is 10.0 Å². The van der Waals surface area contributed by atoms with E-state index in [2.05, 4.69) is 15.5 Å². The molecule has 156 valence electrons. The van der Waals surface area contributed by atoms with Crippen molar-refractivity contribution in [3.05, 3.63) is 54.1 Å². The summed E-state index contributed by atoms with van der Waals surface area (Å²) in [6.07, 6.45) is 3.53. The fourth-order valence-electron chi connectivity index (χ4n) is 3.25. The minimum Gasteiger partial charge on any atom is -0.411 e. The number of nitrogens with zero attached hydrogens (tertiary/aromatic N) is 3. The van der Waals surface area contributed by atoms with E-state index < -0.39 is 15.9 Å². The molecule has 1 saturated heterocycles. The molecule has 1 aliphatic heterocycles. The number of nitrogens with one attached hydrogen (secondary N) is 1. The maximum absolute atomic E-state index is 12.9. The van der Waals surface area contributed by atoms with Crippen LogP contribution in [0.25, 0.3) is 11.5 Å². The van der Waals surface area contributed by atoms with Crippen LogP contribution >= 0.6 is 11.8 Å². The number of hydrogen-bond acceptors (Lipinski definition) is 7. The number of benzene rings is 2. The van der Waals surface area contributed by atoms with E-state index in [9.17, 15) is 13.2 Å². The number of thioether (sulfide) groups is 1. The Balaban J connectivity index is 1.60. The molecule has 1 N–H and O–H groups in total. The number of anilines is 1. The lowest BCUT2D eigenvalue weighted by Gasteiger charge is -2.16. The number of carbonyl (C=O) groups excluding carboxylic acids is 1. The highest BCUT2D eigenvalue weighted by Gasteiger charge is 2.27. The SMILES string of the molecule is CSc1nnc(-c2ccccc2NC(=O)c2cccc(S(=O)(=O)N3CCCC3)c2)o1. The van der Waals surface area contributed by atoms with Gasteiger partial charge in [-0.15, -0.1) is 10.2 Å². The van der Waals surface area contributed by atoms with Gasteiger partial charge in [-0.1, -0.05) is 30.0 Å². The first kappa shape index (κ1) is 20.6. The van der Waals surface area contributed by atoms with Crippen LogP contribution in [0.2, 0.25) is 0 Å². The summed E-state index contributed by atoms with van der Waals surface area (Å²) in [6.45, 7) is 1.02. The van der Waals surface area contributed by atoms with Crippen LogP contribution < -0.4 is 5.32 Å². The second-order valence-electron chi connectivity index (χ2n) is 6.72. The summed E-state index contributed by atoms with van der Waals surface area (Å²) in [5.74, 6) is -0.133. The summed E-state index contributed by atoms with van der Waals surface area (Å²) in [6, 6.07) is 13.1. The van der Waals surface area contributed by atoms with Crippen LogP contribution in [-0.2, 0) is 10.0 Å². The Morgan fingerprint density at radius 1 is 1.10 bits per heavy atom. The number of hydrogen-bond donors (Lipinski definition) is 1. The third kappa shape index (κ3) is 4.11. The lowest BCUT2D eigenvalue weighted by Crippen LogP contribution is -2.28. The molecule has 1 fully saturated rings. The van der Waals surface area contributed by atoms with Gasteiger partial charge in [0, 0.05) is 18.7 Å². The van der Waals surface area contributed by atoms with E-state index in [1.54, 1.807) is 36.4 Å². The lowest BCUT2D eigenvalue weighted by molar-refractivity contribution is 0.102. The van der Waals surface area contributed by atoms with E-state index in [0.717, 1.165) is 12.8 Å². The van der Waals surface area contributed by atoms with Crippen molar-refractivity contribution in [2.45, 2.75) is 23.0 Å². The molecule has 2 heterocycles. The first-order valence-corrected chi connectivity index (χ1v) is 12.0. The summed E-state index contributed by atoms with van der Waals surface area (Å²) >= 11 is 1.33. The third-order valence-corrected chi connectivity index (χ3v) is 7.19. The van der Waals surface area contributed by atoms with Crippen LogP contribution in [0, 0.1) is 0 Å².